The largest absolute Gasteiger partial charge is 0.342 e. The smallest absolute Gasteiger partial charge is 0.254 e. The van der Waals surface area contributed by atoms with Crippen LogP contribution in [0.2, 0.25) is 5.02 Å². The van der Waals surface area contributed by atoms with Gasteiger partial charge in [-0.2, -0.15) is 4.98 Å². The van der Waals surface area contributed by atoms with Crippen molar-refractivity contribution in [3.05, 3.63) is 65.3 Å². The molecule has 0 aliphatic carbocycles. The molecular formula is C20H19ClN6OS. The minimum Gasteiger partial charge on any atom is -0.342 e. The first-order valence-corrected chi connectivity index (χ1v) is 10.1. The Morgan fingerprint density at radius 1 is 1.17 bits per heavy atom. The van der Waals surface area contributed by atoms with Gasteiger partial charge in [-0.3, -0.25) is 9.93 Å². The highest BCUT2D eigenvalue weighted by atomic mass is 35.5. The highest BCUT2D eigenvalue weighted by molar-refractivity contribution is 7.97. The number of halogens is 1. The molecule has 29 heavy (non-hydrogen) atoms. The lowest BCUT2D eigenvalue weighted by molar-refractivity contribution is -0.120. The summed E-state index contributed by atoms with van der Waals surface area (Å²) in [4.78, 5) is 26.4. The Hall–Kier alpha value is -2.81. The summed E-state index contributed by atoms with van der Waals surface area (Å²) in [7, 11) is 3.57. The Labute approximate surface area is 178 Å². The molecule has 1 aromatic heterocycles. The third-order valence-corrected chi connectivity index (χ3v) is 5.59. The number of rotatable bonds is 4. The van der Waals surface area contributed by atoms with Gasteiger partial charge in [0.1, 0.15) is 11.7 Å². The van der Waals surface area contributed by atoms with Gasteiger partial charge in [0, 0.05) is 29.7 Å². The molecule has 1 unspecified atom stereocenters. The zero-order valence-electron chi connectivity index (χ0n) is 15.8. The van der Waals surface area contributed by atoms with E-state index in [0.717, 1.165) is 16.1 Å². The van der Waals surface area contributed by atoms with Gasteiger partial charge in [0.05, 0.1) is 6.20 Å². The highest BCUT2D eigenvalue weighted by Crippen LogP contribution is 2.39. The molecule has 3 N–H and O–H groups in total. The zero-order valence-corrected chi connectivity index (χ0v) is 17.4. The summed E-state index contributed by atoms with van der Waals surface area (Å²) in [5.41, 5.74) is 2.30. The predicted octanol–water partition coefficient (Wildman–Crippen LogP) is 3.99. The van der Waals surface area contributed by atoms with Crippen LogP contribution in [0.15, 0.2) is 59.6 Å². The van der Waals surface area contributed by atoms with Gasteiger partial charge in [0.15, 0.2) is 5.82 Å². The molecule has 7 nitrogen and oxygen atoms in total. The van der Waals surface area contributed by atoms with Crippen molar-refractivity contribution in [3.8, 4) is 0 Å². The number of aromatic nitrogens is 2. The monoisotopic (exact) mass is 426 g/mol. The quantitative estimate of drug-likeness (QED) is 0.610. The second-order valence-electron chi connectivity index (χ2n) is 6.64. The number of nitrogens with zero attached hydrogens (tertiary/aromatic N) is 4. The van der Waals surface area contributed by atoms with Crippen molar-refractivity contribution in [2.45, 2.75) is 10.9 Å². The molecule has 2 aromatic carbocycles. The first-order chi connectivity index (χ1) is 14.0. The van der Waals surface area contributed by atoms with Crippen molar-refractivity contribution in [1.82, 2.24) is 9.97 Å². The number of nitrogens with two attached hydrogens (primary N) is 1. The van der Waals surface area contributed by atoms with Crippen LogP contribution >= 0.6 is 23.5 Å². The zero-order chi connectivity index (χ0) is 20.5. The van der Waals surface area contributed by atoms with E-state index in [1.807, 2.05) is 48.3 Å². The molecule has 3 aromatic rings. The van der Waals surface area contributed by atoms with Crippen LogP contribution in [0.3, 0.4) is 0 Å². The summed E-state index contributed by atoms with van der Waals surface area (Å²) in [5.74, 6) is 1.03. The van der Waals surface area contributed by atoms with E-state index in [1.54, 1.807) is 30.3 Å². The maximum absolute atomic E-state index is 13.0. The topological polar surface area (TPSA) is 87.4 Å². The maximum Gasteiger partial charge on any atom is 0.254 e. The predicted molar refractivity (Wildman–Crippen MR) is 118 cm³/mol. The highest BCUT2D eigenvalue weighted by Gasteiger charge is 2.37. The summed E-state index contributed by atoms with van der Waals surface area (Å²) in [6, 6.07) is 14.4. The van der Waals surface area contributed by atoms with E-state index in [4.69, 9.17) is 16.7 Å². The molecule has 9 heteroatoms. The summed E-state index contributed by atoms with van der Waals surface area (Å²) in [6.45, 7) is 0. The number of carbonyl (C=O) groups excluding carboxylic acids is 1. The van der Waals surface area contributed by atoms with E-state index in [1.165, 1.54) is 11.9 Å². The SMILES string of the molecule is CN1C(=O)C(c2cccc(Cl)c2)N(C)c2nc(Nc3ccc(SN)cc3)ncc21. The number of hydrogen-bond donors (Lipinski definition) is 2. The van der Waals surface area contributed by atoms with Gasteiger partial charge in [-0.15, -0.1) is 0 Å². The van der Waals surface area contributed by atoms with Crippen LogP contribution in [0, 0.1) is 0 Å². The third-order valence-electron chi connectivity index (χ3n) is 4.81. The first kappa shape index (κ1) is 19.5. The number of amides is 1. The van der Waals surface area contributed by atoms with Crippen molar-refractivity contribution in [1.29, 1.82) is 0 Å². The van der Waals surface area contributed by atoms with Crippen LogP contribution in [0.5, 0.6) is 0 Å². The van der Waals surface area contributed by atoms with E-state index in [0.29, 0.717) is 22.5 Å². The number of nitrogens with one attached hydrogen (secondary N) is 1. The minimum atomic E-state index is -0.519. The Bertz CT molecular complexity index is 1060. The Kier molecular flexibility index (Phi) is 5.31. The van der Waals surface area contributed by atoms with E-state index < -0.39 is 6.04 Å². The molecule has 2 heterocycles. The molecule has 4 rings (SSSR count). The lowest BCUT2D eigenvalue weighted by Crippen LogP contribution is -2.45. The number of anilines is 4. The molecule has 0 spiro atoms. The van der Waals surface area contributed by atoms with Crippen molar-refractivity contribution in [3.63, 3.8) is 0 Å². The normalized spacial score (nSPS) is 16.0. The fraction of sp³-hybridized carbons (Fsp3) is 0.150. The van der Waals surface area contributed by atoms with Gasteiger partial charge in [-0.05, 0) is 53.9 Å². The van der Waals surface area contributed by atoms with Crippen molar-refractivity contribution in [2.75, 3.05) is 29.2 Å². The van der Waals surface area contributed by atoms with Crippen molar-refractivity contribution >= 4 is 52.6 Å². The van der Waals surface area contributed by atoms with Crippen molar-refractivity contribution in [2.24, 2.45) is 5.14 Å². The number of hydrogen-bond acceptors (Lipinski definition) is 7. The Morgan fingerprint density at radius 3 is 2.62 bits per heavy atom. The molecular weight excluding hydrogens is 408 g/mol. The molecule has 1 atom stereocenters. The van der Waals surface area contributed by atoms with Gasteiger partial charge in [-0.1, -0.05) is 23.7 Å². The fourth-order valence-corrected chi connectivity index (χ4v) is 3.79. The van der Waals surface area contributed by atoms with Crippen LogP contribution in [0.4, 0.5) is 23.1 Å². The second-order valence-corrected chi connectivity index (χ2v) is 7.78. The summed E-state index contributed by atoms with van der Waals surface area (Å²) in [6.07, 6.45) is 1.65. The number of fused-ring (bicyclic) bond motifs is 1. The summed E-state index contributed by atoms with van der Waals surface area (Å²) < 4.78 is 0. The Balaban J connectivity index is 1.68. The average molecular weight is 427 g/mol. The van der Waals surface area contributed by atoms with Gasteiger partial charge >= 0.3 is 0 Å². The second kappa shape index (κ2) is 7.90. The van der Waals surface area contributed by atoms with Crippen LogP contribution in [0.25, 0.3) is 0 Å². The lowest BCUT2D eigenvalue weighted by Gasteiger charge is -2.38. The molecule has 1 aliphatic heterocycles. The van der Waals surface area contributed by atoms with Crippen molar-refractivity contribution < 1.29 is 4.79 Å². The molecule has 0 radical (unpaired) electrons. The molecule has 1 amide bonds. The standard InChI is InChI=1S/C20H19ClN6OS/c1-26-16-11-23-20(24-14-6-8-15(29-22)9-7-14)25-18(16)27(2)17(19(26)28)12-4-3-5-13(21)10-12/h3-11,17H,22H2,1-2H3,(H,23,24,25). The van der Waals surface area contributed by atoms with Gasteiger partial charge in [0.25, 0.3) is 5.91 Å². The minimum absolute atomic E-state index is 0.0681. The van der Waals surface area contributed by atoms with Gasteiger partial charge in [0.2, 0.25) is 5.95 Å². The summed E-state index contributed by atoms with van der Waals surface area (Å²) >= 11 is 7.33. The number of likely N-dealkylation sites (N-methyl/N-ethyl adjacent to an activating group) is 2. The molecule has 0 fully saturated rings. The Morgan fingerprint density at radius 2 is 1.93 bits per heavy atom. The van der Waals surface area contributed by atoms with Gasteiger partial charge in [-0.25, -0.2) is 4.98 Å². The van der Waals surface area contributed by atoms with E-state index in [-0.39, 0.29) is 5.91 Å². The van der Waals surface area contributed by atoms with E-state index in [2.05, 4.69) is 15.3 Å². The maximum atomic E-state index is 13.0. The van der Waals surface area contributed by atoms with Crippen LogP contribution in [-0.2, 0) is 4.79 Å². The third kappa shape index (κ3) is 3.74. The lowest BCUT2D eigenvalue weighted by atomic mass is 10.0. The average Bonchev–Trinajstić information content (AvgIpc) is 2.73. The van der Waals surface area contributed by atoms with Crippen LogP contribution < -0.4 is 20.3 Å². The molecule has 1 aliphatic rings. The number of carbonyl (C=O) groups is 1. The first-order valence-electron chi connectivity index (χ1n) is 8.84. The summed E-state index contributed by atoms with van der Waals surface area (Å²) in [5, 5.41) is 9.34. The fourth-order valence-electron chi connectivity index (χ4n) is 3.30. The molecule has 0 saturated carbocycles. The van der Waals surface area contributed by atoms with E-state index in [9.17, 15) is 4.79 Å². The van der Waals surface area contributed by atoms with Crippen LogP contribution in [-0.4, -0.2) is 30.0 Å². The number of benzene rings is 2. The van der Waals surface area contributed by atoms with Gasteiger partial charge < -0.3 is 15.1 Å². The van der Waals surface area contributed by atoms with E-state index >= 15 is 0 Å². The van der Waals surface area contributed by atoms with Crippen LogP contribution in [0.1, 0.15) is 11.6 Å². The molecule has 0 saturated heterocycles. The molecule has 148 valence electrons. The molecule has 0 bridgehead atoms.